The molecule has 0 saturated carbocycles. The van der Waals surface area contributed by atoms with Crippen LogP contribution in [0.4, 0.5) is 0 Å². The lowest BCUT2D eigenvalue weighted by Crippen LogP contribution is -2.03. The molecule has 0 atom stereocenters. The van der Waals surface area contributed by atoms with Gasteiger partial charge in [0.15, 0.2) is 5.75 Å². The van der Waals surface area contributed by atoms with Crippen LogP contribution in [0.1, 0.15) is 12.8 Å². The molecule has 21 heavy (non-hydrogen) atoms. The lowest BCUT2D eigenvalue weighted by atomic mass is 10.3. The highest BCUT2D eigenvalue weighted by atomic mass is 35.5. The first-order chi connectivity index (χ1) is 9.90. The Balaban J connectivity index is 2.62. The number of aliphatic carboxylic acids is 1. The van der Waals surface area contributed by atoms with Crippen LogP contribution in [0.3, 0.4) is 0 Å². The van der Waals surface area contributed by atoms with Crippen molar-refractivity contribution in [1.29, 1.82) is 0 Å². The zero-order valence-electron chi connectivity index (χ0n) is 10.7. The predicted molar refractivity (Wildman–Crippen MR) is 84.1 cm³/mol. The molecule has 0 unspecified atom stereocenters. The molecule has 0 saturated heterocycles. The zero-order chi connectivity index (χ0) is 15.8. The third-order valence-electron chi connectivity index (χ3n) is 2.24. The summed E-state index contributed by atoms with van der Waals surface area (Å²) in [7, 11) is 0. The SMILES string of the molecule is O=C(O)CCCOc1c(Cl)cc(OCC=C(Cl)Cl)cc1Cl. The summed E-state index contributed by atoms with van der Waals surface area (Å²) in [6, 6.07) is 3.08. The summed E-state index contributed by atoms with van der Waals surface area (Å²) in [6.07, 6.45) is 1.85. The third kappa shape index (κ3) is 7.14. The van der Waals surface area contributed by atoms with E-state index in [-0.39, 0.29) is 34.2 Å². The van der Waals surface area contributed by atoms with Crippen LogP contribution in [0.15, 0.2) is 22.7 Å². The molecule has 0 fully saturated rings. The van der Waals surface area contributed by atoms with Crippen LogP contribution in [0.5, 0.6) is 11.5 Å². The van der Waals surface area contributed by atoms with Gasteiger partial charge in [0.1, 0.15) is 16.8 Å². The van der Waals surface area contributed by atoms with Crippen LogP contribution in [0.25, 0.3) is 0 Å². The number of halogens is 4. The number of hydrogen-bond donors (Lipinski definition) is 1. The molecule has 0 radical (unpaired) electrons. The van der Waals surface area contributed by atoms with Gasteiger partial charge in [0.25, 0.3) is 0 Å². The normalized spacial score (nSPS) is 10.1. The first kappa shape index (κ1) is 18.2. The van der Waals surface area contributed by atoms with Gasteiger partial charge in [0.05, 0.1) is 16.7 Å². The van der Waals surface area contributed by atoms with Gasteiger partial charge in [-0.2, -0.15) is 0 Å². The van der Waals surface area contributed by atoms with Crippen molar-refractivity contribution in [3.05, 3.63) is 32.7 Å². The number of ether oxygens (including phenoxy) is 2. The Bertz CT molecular complexity index is 504. The fourth-order valence-electron chi connectivity index (χ4n) is 1.36. The molecule has 1 aromatic carbocycles. The van der Waals surface area contributed by atoms with Gasteiger partial charge >= 0.3 is 5.97 Å². The molecule has 0 heterocycles. The van der Waals surface area contributed by atoms with Crippen molar-refractivity contribution < 1.29 is 19.4 Å². The van der Waals surface area contributed by atoms with Gasteiger partial charge in [-0.3, -0.25) is 4.79 Å². The average molecular weight is 374 g/mol. The van der Waals surface area contributed by atoms with Crippen LogP contribution in [-0.4, -0.2) is 24.3 Å². The fraction of sp³-hybridized carbons (Fsp3) is 0.308. The van der Waals surface area contributed by atoms with Crippen molar-refractivity contribution in [1.82, 2.24) is 0 Å². The molecule has 0 aliphatic heterocycles. The van der Waals surface area contributed by atoms with Gasteiger partial charge < -0.3 is 14.6 Å². The molecule has 0 aliphatic carbocycles. The molecule has 8 heteroatoms. The summed E-state index contributed by atoms with van der Waals surface area (Å²) >= 11 is 23.0. The molecule has 1 aromatic rings. The van der Waals surface area contributed by atoms with Crippen LogP contribution in [-0.2, 0) is 4.79 Å². The van der Waals surface area contributed by atoms with Crippen molar-refractivity contribution in [2.45, 2.75) is 12.8 Å². The molecule has 116 valence electrons. The van der Waals surface area contributed by atoms with E-state index in [0.717, 1.165) is 0 Å². The number of rotatable bonds is 8. The van der Waals surface area contributed by atoms with Gasteiger partial charge in [0, 0.05) is 18.6 Å². The van der Waals surface area contributed by atoms with E-state index in [1.54, 1.807) is 0 Å². The minimum Gasteiger partial charge on any atom is -0.490 e. The van der Waals surface area contributed by atoms with E-state index in [1.807, 2.05) is 0 Å². The molecular weight excluding hydrogens is 362 g/mol. The molecular formula is C13H12Cl4O4. The molecule has 0 aromatic heterocycles. The Kier molecular flexibility index (Phi) is 8.04. The molecule has 0 spiro atoms. The van der Waals surface area contributed by atoms with Gasteiger partial charge in [-0.1, -0.05) is 46.4 Å². The lowest BCUT2D eigenvalue weighted by molar-refractivity contribution is -0.137. The second-order valence-electron chi connectivity index (χ2n) is 3.87. The molecule has 4 nitrogen and oxygen atoms in total. The molecule has 0 bridgehead atoms. The van der Waals surface area contributed by atoms with Crippen LogP contribution < -0.4 is 9.47 Å². The highest BCUT2D eigenvalue weighted by molar-refractivity contribution is 6.55. The van der Waals surface area contributed by atoms with Crippen LogP contribution in [0, 0.1) is 0 Å². The number of benzene rings is 1. The van der Waals surface area contributed by atoms with E-state index in [4.69, 9.17) is 61.0 Å². The third-order valence-corrected chi connectivity index (χ3v) is 3.11. The second-order valence-corrected chi connectivity index (χ2v) is 5.69. The number of carbonyl (C=O) groups is 1. The highest BCUT2D eigenvalue weighted by Crippen LogP contribution is 2.37. The van der Waals surface area contributed by atoms with Crippen molar-refractivity contribution in [3.8, 4) is 11.5 Å². The van der Waals surface area contributed by atoms with Gasteiger partial charge in [-0.25, -0.2) is 0 Å². The lowest BCUT2D eigenvalue weighted by Gasteiger charge is -2.11. The van der Waals surface area contributed by atoms with E-state index in [2.05, 4.69) is 0 Å². The Labute approximate surface area is 142 Å². The molecule has 1 rings (SSSR count). The first-order valence-corrected chi connectivity index (χ1v) is 7.39. The van der Waals surface area contributed by atoms with Gasteiger partial charge in [0.2, 0.25) is 0 Å². The van der Waals surface area contributed by atoms with E-state index >= 15 is 0 Å². The smallest absolute Gasteiger partial charge is 0.303 e. The number of carboxylic acid groups (broad SMARTS) is 1. The summed E-state index contributed by atoms with van der Waals surface area (Å²) in [5, 5.41) is 9.07. The number of hydrogen-bond acceptors (Lipinski definition) is 3. The van der Waals surface area contributed by atoms with Crippen LogP contribution in [0.2, 0.25) is 10.0 Å². The Hall–Kier alpha value is -0.810. The monoisotopic (exact) mass is 372 g/mol. The van der Waals surface area contributed by atoms with Gasteiger partial charge in [-0.05, 0) is 12.5 Å². The Morgan fingerprint density at radius 3 is 2.33 bits per heavy atom. The maximum atomic E-state index is 10.4. The average Bonchev–Trinajstić information content (AvgIpc) is 2.36. The van der Waals surface area contributed by atoms with Crippen molar-refractivity contribution in [2.75, 3.05) is 13.2 Å². The van der Waals surface area contributed by atoms with E-state index in [1.165, 1.54) is 18.2 Å². The van der Waals surface area contributed by atoms with Gasteiger partial charge in [-0.15, -0.1) is 0 Å². The van der Waals surface area contributed by atoms with E-state index in [0.29, 0.717) is 17.9 Å². The second kappa shape index (κ2) is 9.26. The largest absolute Gasteiger partial charge is 0.490 e. The number of carboxylic acids is 1. The molecule has 1 N–H and O–H groups in total. The summed E-state index contributed by atoms with van der Waals surface area (Å²) in [4.78, 5) is 10.4. The van der Waals surface area contributed by atoms with E-state index < -0.39 is 5.97 Å². The first-order valence-electron chi connectivity index (χ1n) is 5.87. The van der Waals surface area contributed by atoms with Crippen molar-refractivity contribution in [2.24, 2.45) is 0 Å². The summed E-state index contributed by atoms with van der Waals surface area (Å²) in [5.74, 6) is -0.152. The van der Waals surface area contributed by atoms with Crippen molar-refractivity contribution in [3.63, 3.8) is 0 Å². The highest BCUT2D eigenvalue weighted by Gasteiger charge is 2.11. The topological polar surface area (TPSA) is 55.8 Å². The van der Waals surface area contributed by atoms with E-state index in [9.17, 15) is 4.79 Å². The standard InChI is InChI=1S/C13H12Cl4O4/c14-9-6-8(20-5-3-11(16)17)7-10(15)13(9)21-4-1-2-12(18)19/h3,6-7H,1-2,4-5H2,(H,18,19). The Morgan fingerprint density at radius 2 is 1.81 bits per heavy atom. The maximum absolute atomic E-state index is 10.4. The van der Waals surface area contributed by atoms with Crippen LogP contribution >= 0.6 is 46.4 Å². The Morgan fingerprint density at radius 1 is 1.19 bits per heavy atom. The predicted octanol–water partition coefficient (Wildman–Crippen LogP) is 4.93. The molecule has 0 aliphatic rings. The minimum atomic E-state index is -0.884. The van der Waals surface area contributed by atoms with Crippen molar-refractivity contribution >= 4 is 52.4 Å². The molecule has 0 amide bonds. The summed E-state index contributed by atoms with van der Waals surface area (Å²) in [5.41, 5.74) is 0. The quantitative estimate of drug-likeness (QED) is 0.656. The fourth-order valence-corrected chi connectivity index (χ4v) is 2.06. The summed E-state index contributed by atoms with van der Waals surface area (Å²) < 4.78 is 10.8. The minimum absolute atomic E-state index is 0.0158. The zero-order valence-corrected chi connectivity index (χ0v) is 13.8. The summed E-state index contributed by atoms with van der Waals surface area (Å²) in [6.45, 7) is 0.379. The maximum Gasteiger partial charge on any atom is 0.303 e.